The fourth-order valence-corrected chi connectivity index (χ4v) is 5.82. The summed E-state index contributed by atoms with van der Waals surface area (Å²) in [7, 11) is 0. The van der Waals surface area contributed by atoms with E-state index in [0.717, 1.165) is 70.2 Å². The Morgan fingerprint density at radius 2 is 0.667 bits per heavy atom. The molecule has 54 heavy (non-hydrogen) atoms. The Morgan fingerprint density at radius 1 is 0.389 bits per heavy atom. The lowest BCUT2D eigenvalue weighted by molar-refractivity contribution is 0.0496. The van der Waals surface area contributed by atoms with Crippen molar-refractivity contribution in [2.24, 2.45) is 0 Å². The normalized spacial score (nSPS) is 10.7. The van der Waals surface area contributed by atoms with Crippen LogP contribution in [-0.4, -0.2) is 31.3 Å². The molecule has 0 bridgehead atoms. The molecule has 0 fully saturated rings. The standard InChI is InChI=1S/C47H42O7/c1-3-29-51-45(48)41-17-9-35(10-18-41)31-33-5-13-37(14-6-33)39-21-25-43(26-22-39)53-47(50)54-44-27-23-40(24-28-44)38-15-7-34(8-16-38)32-36-11-19-42(20-12-36)46(49)52-30-4-2/h5-28H,3-4,29-32H2,1-2H3. The molecule has 0 spiro atoms. The third-order valence-electron chi connectivity index (χ3n) is 8.76. The Bertz CT molecular complexity index is 1980. The number of hydrogen-bond donors (Lipinski definition) is 0. The maximum atomic E-state index is 12.6. The van der Waals surface area contributed by atoms with Gasteiger partial charge < -0.3 is 18.9 Å². The Kier molecular flexibility index (Phi) is 12.7. The van der Waals surface area contributed by atoms with E-state index in [1.807, 2.05) is 62.4 Å². The molecule has 6 aromatic rings. The molecule has 7 nitrogen and oxygen atoms in total. The molecule has 0 aliphatic heterocycles. The van der Waals surface area contributed by atoms with Crippen LogP contribution in [0.15, 0.2) is 146 Å². The highest BCUT2D eigenvalue weighted by Crippen LogP contribution is 2.26. The van der Waals surface area contributed by atoms with Gasteiger partial charge in [-0.1, -0.05) is 111 Å². The van der Waals surface area contributed by atoms with Gasteiger partial charge in [0.1, 0.15) is 11.5 Å². The largest absolute Gasteiger partial charge is 0.519 e. The van der Waals surface area contributed by atoms with Gasteiger partial charge in [0.25, 0.3) is 0 Å². The lowest BCUT2D eigenvalue weighted by atomic mass is 10.00. The number of hydrogen-bond acceptors (Lipinski definition) is 7. The number of benzene rings is 6. The van der Waals surface area contributed by atoms with Crippen LogP contribution in [-0.2, 0) is 22.3 Å². The topological polar surface area (TPSA) is 88.1 Å². The fraction of sp³-hybridized carbons (Fsp3) is 0.170. The van der Waals surface area contributed by atoms with Gasteiger partial charge in [0.2, 0.25) is 0 Å². The van der Waals surface area contributed by atoms with Gasteiger partial charge in [-0.2, -0.15) is 0 Å². The molecule has 6 rings (SSSR count). The molecule has 0 N–H and O–H groups in total. The Labute approximate surface area is 316 Å². The summed E-state index contributed by atoms with van der Waals surface area (Å²) < 4.78 is 21.3. The monoisotopic (exact) mass is 718 g/mol. The first-order valence-corrected chi connectivity index (χ1v) is 18.2. The molecule has 0 aromatic heterocycles. The van der Waals surface area contributed by atoms with Crippen LogP contribution >= 0.6 is 0 Å². The number of ether oxygens (including phenoxy) is 4. The lowest BCUT2D eigenvalue weighted by Crippen LogP contribution is -2.13. The van der Waals surface area contributed by atoms with Crippen LogP contribution in [0.25, 0.3) is 22.3 Å². The van der Waals surface area contributed by atoms with Gasteiger partial charge in [-0.05, 0) is 119 Å². The molecule has 0 heterocycles. The second-order valence-electron chi connectivity index (χ2n) is 12.9. The minimum atomic E-state index is -0.819. The van der Waals surface area contributed by atoms with Crippen LogP contribution in [0, 0.1) is 0 Å². The maximum Gasteiger partial charge on any atom is 0.519 e. The average Bonchev–Trinajstić information content (AvgIpc) is 3.21. The lowest BCUT2D eigenvalue weighted by Gasteiger charge is -2.09. The van der Waals surface area contributed by atoms with Crippen LogP contribution in [0.1, 0.15) is 69.7 Å². The Morgan fingerprint density at radius 3 is 0.963 bits per heavy atom. The fourth-order valence-electron chi connectivity index (χ4n) is 5.82. The van der Waals surface area contributed by atoms with E-state index in [1.54, 1.807) is 48.5 Å². The molecule has 0 aliphatic carbocycles. The second kappa shape index (κ2) is 18.3. The van der Waals surface area contributed by atoms with E-state index in [1.165, 1.54) is 0 Å². The first-order chi connectivity index (χ1) is 26.4. The summed E-state index contributed by atoms with van der Waals surface area (Å²) in [5, 5.41) is 0. The molecule has 0 unspecified atom stereocenters. The number of carbonyl (C=O) groups excluding carboxylic acids is 3. The highest BCUT2D eigenvalue weighted by molar-refractivity contribution is 5.90. The van der Waals surface area contributed by atoms with E-state index in [0.29, 0.717) is 35.8 Å². The van der Waals surface area contributed by atoms with Crippen molar-refractivity contribution >= 4 is 18.1 Å². The molecule has 7 heteroatoms. The summed E-state index contributed by atoms with van der Waals surface area (Å²) in [4.78, 5) is 36.7. The van der Waals surface area contributed by atoms with Gasteiger partial charge in [-0.25, -0.2) is 14.4 Å². The molecule has 6 aromatic carbocycles. The van der Waals surface area contributed by atoms with Crippen molar-refractivity contribution in [1.29, 1.82) is 0 Å². The van der Waals surface area contributed by atoms with E-state index in [4.69, 9.17) is 18.9 Å². The van der Waals surface area contributed by atoms with Crippen LogP contribution < -0.4 is 9.47 Å². The van der Waals surface area contributed by atoms with Crippen LogP contribution in [0.3, 0.4) is 0 Å². The van der Waals surface area contributed by atoms with Crippen molar-refractivity contribution in [1.82, 2.24) is 0 Å². The maximum absolute atomic E-state index is 12.6. The summed E-state index contributed by atoms with van der Waals surface area (Å²) in [5.41, 5.74) is 9.67. The summed E-state index contributed by atoms with van der Waals surface area (Å²) in [6.07, 6.45) is 2.26. The summed E-state index contributed by atoms with van der Waals surface area (Å²) >= 11 is 0. The van der Waals surface area contributed by atoms with Gasteiger partial charge in [-0.3, -0.25) is 0 Å². The quantitative estimate of drug-likeness (QED) is 0.0818. The third kappa shape index (κ3) is 10.3. The first-order valence-electron chi connectivity index (χ1n) is 18.2. The van der Waals surface area contributed by atoms with Crippen molar-refractivity contribution in [2.75, 3.05) is 13.2 Å². The van der Waals surface area contributed by atoms with E-state index in [9.17, 15) is 14.4 Å². The molecule has 0 atom stereocenters. The second-order valence-corrected chi connectivity index (χ2v) is 12.9. The highest BCUT2D eigenvalue weighted by atomic mass is 16.7. The smallest absolute Gasteiger partial charge is 0.462 e. The van der Waals surface area contributed by atoms with Gasteiger partial charge in [-0.15, -0.1) is 0 Å². The molecular formula is C47H42O7. The van der Waals surface area contributed by atoms with Gasteiger partial charge >= 0.3 is 18.1 Å². The van der Waals surface area contributed by atoms with Crippen molar-refractivity contribution in [3.05, 3.63) is 179 Å². The van der Waals surface area contributed by atoms with Gasteiger partial charge in [0.15, 0.2) is 0 Å². The van der Waals surface area contributed by atoms with Crippen molar-refractivity contribution in [3.8, 4) is 33.8 Å². The zero-order chi connectivity index (χ0) is 37.7. The highest BCUT2D eigenvalue weighted by Gasteiger charge is 2.11. The predicted octanol–water partition coefficient (Wildman–Crippen LogP) is 10.9. The molecule has 0 radical (unpaired) electrons. The van der Waals surface area contributed by atoms with Crippen molar-refractivity contribution in [2.45, 2.75) is 39.5 Å². The molecule has 0 amide bonds. The van der Waals surface area contributed by atoms with E-state index in [-0.39, 0.29) is 11.9 Å². The molecular weight excluding hydrogens is 677 g/mol. The zero-order valence-corrected chi connectivity index (χ0v) is 30.5. The first kappa shape index (κ1) is 37.3. The molecule has 0 saturated carbocycles. The van der Waals surface area contributed by atoms with E-state index >= 15 is 0 Å². The van der Waals surface area contributed by atoms with Crippen LogP contribution in [0.4, 0.5) is 4.79 Å². The summed E-state index contributed by atoms with van der Waals surface area (Å²) in [6, 6.07) is 46.2. The van der Waals surface area contributed by atoms with E-state index < -0.39 is 6.16 Å². The number of carbonyl (C=O) groups is 3. The summed E-state index contributed by atoms with van der Waals surface area (Å²) in [6.45, 7) is 4.78. The Balaban J connectivity index is 0.963. The average molecular weight is 719 g/mol. The molecule has 0 aliphatic rings. The number of esters is 2. The van der Waals surface area contributed by atoms with Crippen LogP contribution in [0.2, 0.25) is 0 Å². The number of rotatable bonds is 14. The zero-order valence-electron chi connectivity index (χ0n) is 30.5. The summed E-state index contributed by atoms with van der Waals surface area (Å²) in [5.74, 6) is 0.168. The van der Waals surface area contributed by atoms with Crippen molar-refractivity contribution in [3.63, 3.8) is 0 Å². The van der Waals surface area contributed by atoms with Gasteiger partial charge in [0, 0.05) is 0 Å². The Hall–Kier alpha value is -6.47. The minimum absolute atomic E-state index is 0.295. The third-order valence-corrected chi connectivity index (χ3v) is 8.76. The molecule has 272 valence electrons. The van der Waals surface area contributed by atoms with Crippen LogP contribution in [0.5, 0.6) is 11.5 Å². The minimum Gasteiger partial charge on any atom is -0.462 e. The van der Waals surface area contributed by atoms with Gasteiger partial charge in [0.05, 0.1) is 24.3 Å². The SMILES string of the molecule is CCCOC(=O)c1ccc(Cc2ccc(-c3ccc(OC(=O)Oc4ccc(-c5ccc(Cc6ccc(C(=O)OCCC)cc6)cc5)cc4)cc3)cc2)cc1. The van der Waals surface area contributed by atoms with Crippen molar-refractivity contribution < 1.29 is 33.3 Å². The molecule has 0 saturated heterocycles. The predicted molar refractivity (Wildman–Crippen MR) is 210 cm³/mol. The van der Waals surface area contributed by atoms with E-state index in [2.05, 4.69) is 48.5 Å².